The van der Waals surface area contributed by atoms with Crippen molar-refractivity contribution in [3.05, 3.63) is 66.4 Å². The number of likely N-dealkylation sites (tertiary alicyclic amines) is 1. The number of Topliss-reactive ketones (excluding diaryl/α,β-unsaturated/α-hetero) is 1. The second kappa shape index (κ2) is 11.6. The highest BCUT2D eigenvalue weighted by Crippen LogP contribution is 2.32. The van der Waals surface area contributed by atoms with Crippen molar-refractivity contribution in [3.8, 4) is 11.4 Å². The van der Waals surface area contributed by atoms with Gasteiger partial charge in [-0.2, -0.15) is 5.10 Å². The van der Waals surface area contributed by atoms with Gasteiger partial charge < -0.3 is 14.7 Å². The molecule has 6 rings (SSSR count). The van der Waals surface area contributed by atoms with Gasteiger partial charge in [-0.25, -0.2) is 19.4 Å². The number of morpholine rings is 1. The van der Waals surface area contributed by atoms with Crippen molar-refractivity contribution in [2.45, 2.75) is 18.9 Å². The number of nitrogens with zero attached hydrogens (tertiary/aromatic N) is 7. The number of benzene rings is 2. The molecule has 2 fully saturated rings. The molecule has 1 amide bonds. The molecule has 0 aliphatic carbocycles. The smallest absolute Gasteiger partial charge is 0.411 e. The highest BCUT2D eigenvalue weighted by Gasteiger charge is 2.27. The first-order valence-corrected chi connectivity index (χ1v) is 13.9. The monoisotopic (exact) mass is 555 g/mol. The minimum Gasteiger partial charge on any atom is -0.465 e. The van der Waals surface area contributed by atoms with Gasteiger partial charge in [0, 0.05) is 50.0 Å². The summed E-state index contributed by atoms with van der Waals surface area (Å²) in [6.07, 6.45) is 2.56. The largest absolute Gasteiger partial charge is 0.465 e. The van der Waals surface area contributed by atoms with Gasteiger partial charge in [0.1, 0.15) is 5.82 Å². The first-order chi connectivity index (χ1) is 20.0. The summed E-state index contributed by atoms with van der Waals surface area (Å²) in [6, 6.07) is 16.8. The zero-order valence-corrected chi connectivity index (χ0v) is 23.0. The van der Waals surface area contributed by atoms with E-state index >= 15 is 0 Å². The van der Waals surface area contributed by atoms with Gasteiger partial charge in [0.05, 0.1) is 37.4 Å². The average Bonchev–Trinajstić information content (AvgIpc) is 3.45. The van der Waals surface area contributed by atoms with Gasteiger partial charge in [0.2, 0.25) is 0 Å². The molecule has 4 aromatic rings. The van der Waals surface area contributed by atoms with E-state index in [0.29, 0.717) is 31.3 Å². The Hall–Kier alpha value is -4.35. The normalized spacial score (nSPS) is 16.7. The fourth-order valence-corrected chi connectivity index (χ4v) is 5.51. The van der Waals surface area contributed by atoms with Crippen LogP contribution in [-0.4, -0.2) is 94.6 Å². The molecule has 4 heterocycles. The number of hydrogen-bond donors (Lipinski definition) is 1. The van der Waals surface area contributed by atoms with E-state index < -0.39 is 6.09 Å². The van der Waals surface area contributed by atoms with Gasteiger partial charge >= 0.3 is 6.09 Å². The molecule has 0 spiro atoms. The second-order valence-corrected chi connectivity index (χ2v) is 10.5. The fourth-order valence-electron chi connectivity index (χ4n) is 5.51. The first kappa shape index (κ1) is 26.9. The van der Waals surface area contributed by atoms with Gasteiger partial charge in [-0.3, -0.25) is 14.6 Å². The Labute approximate surface area is 238 Å². The van der Waals surface area contributed by atoms with Crippen LogP contribution in [0, 0.1) is 0 Å². The quantitative estimate of drug-likeness (QED) is 0.338. The molecule has 0 saturated carbocycles. The molecule has 11 nitrogen and oxygen atoms in total. The highest BCUT2D eigenvalue weighted by atomic mass is 16.5. The van der Waals surface area contributed by atoms with Crippen LogP contribution in [0.2, 0.25) is 0 Å². The molecule has 2 saturated heterocycles. The molecule has 2 aliphatic rings. The van der Waals surface area contributed by atoms with Gasteiger partial charge in [-0.05, 0) is 37.1 Å². The van der Waals surface area contributed by atoms with Crippen LogP contribution in [0.3, 0.4) is 0 Å². The molecule has 1 N–H and O–H groups in total. The van der Waals surface area contributed by atoms with Gasteiger partial charge in [-0.1, -0.05) is 30.3 Å². The van der Waals surface area contributed by atoms with Crippen LogP contribution in [0.1, 0.15) is 29.2 Å². The number of carboxylic acid groups (broad SMARTS) is 1. The van der Waals surface area contributed by atoms with Crippen molar-refractivity contribution < 1.29 is 19.4 Å². The van der Waals surface area contributed by atoms with Crippen LogP contribution in [0.15, 0.2) is 60.8 Å². The first-order valence-electron chi connectivity index (χ1n) is 13.9. The third-order valence-corrected chi connectivity index (χ3v) is 7.91. The topological polar surface area (TPSA) is 117 Å². The van der Waals surface area contributed by atoms with Gasteiger partial charge in [0.25, 0.3) is 0 Å². The Kier molecular flexibility index (Phi) is 7.62. The Bertz CT molecular complexity index is 1530. The number of aromatic nitrogens is 4. The van der Waals surface area contributed by atoms with Crippen LogP contribution in [0.25, 0.3) is 22.4 Å². The molecule has 2 aliphatic heterocycles. The Balaban J connectivity index is 1.27. The predicted molar refractivity (Wildman–Crippen MR) is 156 cm³/mol. The average molecular weight is 556 g/mol. The summed E-state index contributed by atoms with van der Waals surface area (Å²) in [4.78, 5) is 39.7. The third kappa shape index (κ3) is 5.63. The lowest BCUT2D eigenvalue weighted by Crippen LogP contribution is -2.38. The van der Waals surface area contributed by atoms with E-state index in [1.165, 1.54) is 11.9 Å². The van der Waals surface area contributed by atoms with Crippen molar-refractivity contribution in [1.29, 1.82) is 0 Å². The van der Waals surface area contributed by atoms with E-state index in [2.05, 4.69) is 9.80 Å². The number of anilines is 2. The summed E-state index contributed by atoms with van der Waals surface area (Å²) < 4.78 is 7.60. The maximum atomic E-state index is 12.7. The molecule has 2 aromatic carbocycles. The van der Waals surface area contributed by atoms with Crippen molar-refractivity contribution in [1.82, 2.24) is 24.6 Å². The number of hydrogen-bond acceptors (Lipinski definition) is 8. The predicted octanol–water partition coefficient (Wildman–Crippen LogP) is 3.96. The van der Waals surface area contributed by atoms with E-state index in [1.807, 2.05) is 53.3 Å². The Morgan fingerprint density at radius 3 is 2.37 bits per heavy atom. The minimum absolute atomic E-state index is 0.140. The third-order valence-electron chi connectivity index (χ3n) is 7.91. The van der Waals surface area contributed by atoms with E-state index in [4.69, 9.17) is 19.8 Å². The second-order valence-electron chi connectivity index (χ2n) is 10.5. The summed E-state index contributed by atoms with van der Waals surface area (Å²) in [5, 5.41) is 15.0. The van der Waals surface area contributed by atoms with Crippen LogP contribution in [0.5, 0.6) is 0 Å². The lowest BCUT2D eigenvalue weighted by Gasteiger charge is -2.32. The summed E-state index contributed by atoms with van der Waals surface area (Å²) in [7, 11) is 1.51. The molecular formula is C30H33N7O4. The molecule has 11 heteroatoms. The number of carbonyl (C=O) groups is 2. The van der Waals surface area contributed by atoms with E-state index in [-0.39, 0.29) is 11.8 Å². The molecule has 2 aromatic heterocycles. The summed E-state index contributed by atoms with van der Waals surface area (Å²) in [5.74, 6) is 1.54. The molecule has 212 valence electrons. The maximum Gasteiger partial charge on any atom is 0.411 e. The summed E-state index contributed by atoms with van der Waals surface area (Å²) >= 11 is 0. The van der Waals surface area contributed by atoms with Crippen LogP contribution in [-0.2, 0) is 4.74 Å². The van der Waals surface area contributed by atoms with Gasteiger partial charge in [0.15, 0.2) is 17.3 Å². The molecular weight excluding hydrogens is 522 g/mol. The van der Waals surface area contributed by atoms with Crippen LogP contribution >= 0.6 is 0 Å². The van der Waals surface area contributed by atoms with Crippen LogP contribution in [0.4, 0.5) is 16.3 Å². The SMILES string of the molecule is CN(C(=O)O)c1ccc(-c2nc(N3CCOCC3)c3cnn(C4CCN(CC(=O)c5ccccc5)CC4)c3n2)cc1. The number of piperidine rings is 1. The van der Waals surface area contributed by atoms with Crippen molar-refractivity contribution in [2.75, 3.05) is 62.8 Å². The lowest BCUT2D eigenvalue weighted by molar-refractivity contribution is 0.0896. The number of carbonyl (C=O) groups excluding carboxylic acids is 1. The van der Waals surface area contributed by atoms with Crippen LogP contribution < -0.4 is 9.80 Å². The maximum absolute atomic E-state index is 12.7. The fraction of sp³-hybridized carbons (Fsp3) is 0.367. The van der Waals surface area contributed by atoms with Gasteiger partial charge in [-0.15, -0.1) is 0 Å². The minimum atomic E-state index is -1.02. The summed E-state index contributed by atoms with van der Waals surface area (Å²) in [6.45, 7) is 4.74. The Morgan fingerprint density at radius 2 is 1.68 bits per heavy atom. The zero-order chi connectivity index (χ0) is 28.3. The number of amides is 1. The Morgan fingerprint density at radius 1 is 0.976 bits per heavy atom. The van der Waals surface area contributed by atoms with Crippen molar-refractivity contribution in [2.24, 2.45) is 0 Å². The molecule has 41 heavy (non-hydrogen) atoms. The highest BCUT2D eigenvalue weighted by molar-refractivity contribution is 5.97. The summed E-state index contributed by atoms with van der Waals surface area (Å²) in [5.41, 5.74) is 2.89. The standard InChI is InChI=1S/C30H33N7O4/c1-34(30(39)40)23-9-7-22(8-10-23)27-32-28(36-15-17-41-18-16-36)25-19-31-37(29(25)33-27)24-11-13-35(14-12-24)20-26(38)21-5-3-2-4-6-21/h2-10,19,24H,11-18,20H2,1H3,(H,39,40). The molecule has 0 radical (unpaired) electrons. The van der Waals surface area contributed by atoms with E-state index in [0.717, 1.165) is 67.0 Å². The number of rotatable bonds is 7. The molecule has 0 unspecified atom stereocenters. The van der Waals surface area contributed by atoms with Crippen molar-refractivity contribution in [3.63, 3.8) is 0 Å². The number of fused-ring (bicyclic) bond motifs is 1. The number of ketones is 1. The van der Waals surface area contributed by atoms with E-state index in [1.54, 1.807) is 12.1 Å². The molecule has 0 atom stereocenters. The zero-order valence-electron chi connectivity index (χ0n) is 23.0. The number of ether oxygens (including phenoxy) is 1. The van der Waals surface area contributed by atoms with E-state index in [9.17, 15) is 14.7 Å². The molecule has 0 bridgehead atoms. The lowest BCUT2D eigenvalue weighted by atomic mass is 10.0. The van der Waals surface area contributed by atoms with Crippen molar-refractivity contribution >= 4 is 34.4 Å².